The van der Waals surface area contributed by atoms with Gasteiger partial charge in [-0.05, 0) is 53.1 Å². The van der Waals surface area contributed by atoms with Crippen molar-refractivity contribution in [1.29, 1.82) is 0 Å². The normalized spacial score (nSPS) is 12.0. The van der Waals surface area contributed by atoms with Gasteiger partial charge in [-0.2, -0.15) is 0 Å². The molecule has 1 aromatic heterocycles. The van der Waals surface area contributed by atoms with E-state index in [1.165, 1.54) is 19.2 Å². The molecule has 4 aromatic carbocycles. The Hall–Kier alpha value is -5.20. The maximum Gasteiger partial charge on any atom is 0.326 e. The summed E-state index contributed by atoms with van der Waals surface area (Å²) in [6, 6.07) is 25.9. The van der Waals surface area contributed by atoms with Crippen LogP contribution in [0.1, 0.15) is 18.0 Å². The van der Waals surface area contributed by atoms with E-state index in [4.69, 9.17) is 4.74 Å². The van der Waals surface area contributed by atoms with Crippen molar-refractivity contribution in [3.63, 3.8) is 0 Å². The molecule has 11 nitrogen and oxygen atoms in total. The van der Waals surface area contributed by atoms with E-state index in [-0.39, 0.29) is 10.6 Å². The number of aromatic amines is 1. The molecule has 214 valence electrons. The van der Waals surface area contributed by atoms with Crippen molar-refractivity contribution < 1.29 is 27.9 Å². The number of aromatic nitrogens is 2. The van der Waals surface area contributed by atoms with Crippen LogP contribution in [-0.4, -0.2) is 42.6 Å². The van der Waals surface area contributed by atoms with Crippen molar-refractivity contribution in [2.45, 2.75) is 17.4 Å². The summed E-state index contributed by atoms with van der Waals surface area (Å²) in [7, 11) is -2.88. The van der Waals surface area contributed by atoms with Gasteiger partial charge < -0.3 is 20.1 Å². The maximum atomic E-state index is 13.6. The molecule has 0 aliphatic carbocycles. The quantitative estimate of drug-likeness (QED) is 0.147. The van der Waals surface area contributed by atoms with Gasteiger partial charge in [0, 0.05) is 5.69 Å². The zero-order chi connectivity index (χ0) is 29.7. The fourth-order valence-corrected chi connectivity index (χ4v) is 5.88. The van der Waals surface area contributed by atoms with Crippen LogP contribution >= 0.6 is 0 Å². The van der Waals surface area contributed by atoms with Gasteiger partial charge in [0.2, 0.25) is 16.0 Å². The van der Waals surface area contributed by atoms with Crippen LogP contribution in [0, 0.1) is 0 Å². The lowest BCUT2D eigenvalue weighted by molar-refractivity contribution is -0.137. The number of sulfonamides is 1. The number of benzene rings is 4. The number of ether oxygens (including phenoxy) is 1. The molecule has 5 aromatic rings. The number of aliphatic carboxylic acids is 1. The van der Waals surface area contributed by atoms with Crippen LogP contribution in [0.3, 0.4) is 0 Å². The Balaban J connectivity index is 1.38. The second-order valence-electron chi connectivity index (χ2n) is 9.31. The van der Waals surface area contributed by atoms with E-state index in [9.17, 15) is 23.1 Å². The number of imidazole rings is 1. The third-order valence-electron chi connectivity index (χ3n) is 6.41. The number of urea groups is 1. The second-order valence-corrected chi connectivity index (χ2v) is 11.0. The number of H-pyrrole nitrogens is 1. The van der Waals surface area contributed by atoms with Crippen LogP contribution in [0.4, 0.5) is 16.4 Å². The lowest BCUT2D eigenvalue weighted by Crippen LogP contribution is -2.30. The van der Waals surface area contributed by atoms with Crippen molar-refractivity contribution in [3.8, 4) is 16.9 Å². The number of amides is 2. The number of nitrogens with zero attached hydrogens (tertiary/aromatic N) is 1. The molecule has 0 aliphatic heterocycles. The number of fused-ring (bicyclic) bond motifs is 1. The highest BCUT2D eigenvalue weighted by Crippen LogP contribution is 2.32. The fourth-order valence-electron chi connectivity index (χ4n) is 4.46. The minimum absolute atomic E-state index is 0.0906. The third kappa shape index (κ3) is 6.57. The highest BCUT2D eigenvalue weighted by molar-refractivity contribution is 7.89. The van der Waals surface area contributed by atoms with Crippen LogP contribution in [0.25, 0.3) is 22.2 Å². The van der Waals surface area contributed by atoms with Gasteiger partial charge in [0.15, 0.2) is 0 Å². The number of anilines is 2. The van der Waals surface area contributed by atoms with Gasteiger partial charge in [0.05, 0.1) is 30.6 Å². The Kier molecular flexibility index (Phi) is 8.18. The first-order chi connectivity index (χ1) is 20.2. The molecular formula is C30H27N5O6S. The van der Waals surface area contributed by atoms with E-state index >= 15 is 0 Å². The maximum absolute atomic E-state index is 13.6. The summed E-state index contributed by atoms with van der Waals surface area (Å²) in [5.74, 6) is -0.770. The molecular weight excluding hydrogens is 558 g/mol. The largest absolute Gasteiger partial charge is 0.495 e. The average molecular weight is 586 g/mol. The molecule has 5 N–H and O–H groups in total. The fraction of sp³-hybridized carbons (Fsp3) is 0.100. The summed E-state index contributed by atoms with van der Waals surface area (Å²) >= 11 is 0. The number of carbonyl (C=O) groups is 2. The van der Waals surface area contributed by atoms with Gasteiger partial charge in [-0.15, -0.1) is 0 Å². The minimum atomic E-state index is -4.23. The van der Waals surface area contributed by atoms with Crippen LogP contribution in [0.5, 0.6) is 5.75 Å². The Morgan fingerprint density at radius 1 is 0.905 bits per heavy atom. The van der Waals surface area contributed by atoms with Gasteiger partial charge in [-0.25, -0.2) is 22.9 Å². The smallest absolute Gasteiger partial charge is 0.326 e. The van der Waals surface area contributed by atoms with Gasteiger partial charge in [0.1, 0.15) is 10.6 Å². The molecule has 12 heteroatoms. The summed E-state index contributed by atoms with van der Waals surface area (Å²) in [5.41, 5.74) is 3.64. The topological polar surface area (TPSA) is 163 Å². The molecule has 0 aliphatic rings. The summed E-state index contributed by atoms with van der Waals surface area (Å²) in [4.78, 5) is 31.4. The molecule has 0 saturated carbocycles. The van der Waals surface area contributed by atoms with E-state index in [1.807, 2.05) is 24.3 Å². The van der Waals surface area contributed by atoms with E-state index in [1.54, 1.807) is 60.7 Å². The molecule has 0 bridgehead atoms. The van der Waals surface area contributed by atoms with Crippen LogP contribution in [-0.2, 0) is 14.8 Å². The average Bonchev–Trinajstić information content (AvgIpc) is 3.39. The number of hydrogen-bond donors (Lipinski definition) is 5. The molecule has 0 radical (unpaired) electrons. The van der Waals surface area contributed by atoms with Gasteiger partial charge in [0.25, 0.3) is 0 Å². The third-order valence-corrected chi connectivity index (χ3v) is 7.90. The molecule has 0 spiro atoms. The van der Waals surface area contributed by atoms with Crippen LogP contribution < -0.4 is 20.1 Å². The Morgan fingerprint density at radius 2 is 1.64 bits per heavy atom. The molecule has 0 saturated heterocycles. The number of para-hydroxylation sites is 2. The summed E-state index contributed by atoms with van der Waals surface area (Å²) in [6.07, 6.45) is -0.449. The molecule has 2 amide bonds. The van der Waals surface area contributed by atoms with Crippen LogP contribution in [0.15, 0.2) is 102 Å². The Bertz CT molecular complexity index is 1820. The molecule has 1 heterocycles. The van der Waals surface area contributed by atoms with Gasteiger partial charge in [-0.1, -0.05) is 60.7 Å². The van der Waals surface area contributed by atoms with E-state index in [0.29, 0.717) is 33.8 Å². The van der Waals surface area contributed by atoms with Crippen molar-refractivity contribution in [3.05, 3.63) is 103 Å². The number of hydrogen-bond acceptors (Lipinski definition) is 6. The van der Waals surface area contributed by atoms with E-state index < -0.39 is 34.5 Å². The van der Waals surface area contributed by atoms with Crippen LogP contribution in [0.2, 0.25) is 0 Å². The van der Waals surface area contributed by atoms with Crippen molar-refractivity contribution in [2.24, 2.45) is 0 Å². The monoisotopic (exact) mass is 585 g/mol. The zero-order valence-electron chi connectivity index (χ0n) is 22.4. The predicted octanol–water partition coefficient (Wildman–Crippen LogP) is 5.38. The van der Waals surface area contributed by atoms with Gasteiger partial charge in [-0.3, -0.25) is 10.1 Å². The molecule has 0 fully saturated rings. The second kappa shape index (κ2) is 12.1. The lowest BCUT2D eigenvalue weighted by atomic mass is 10.0. The Morgan fingerprint density at radius 3 is 2.38 bits per heavy atom. The molecule has 5 rings (SSSR count). The highest BCUT2D eigenvalue weighted by Gasteiger charge is 2.27. The lowest BCUT2D eigenvalue weighted by Gasteiger charge is -2.19. The summed E-state index contributed by atoms with van der Waals surface area (Å²) in [6.45, 7) is 0. The summed E-state index contributed by atoms with van der Waals surface area (Å²) < 4.78 is 35.0. The Labute approximate surface area is 241 Å². The summed E-state index contributed by atoms with van der Waals surface area (Å²) in [5, 5.41) is 14.8. The van der Waals surface area contributed by atoms with E-state index in [2.05, 4.69) is 25.3 Å². The molecule has 1 atom stereocenters. The number of rotatable bonds is 10. The number of methoxy groups -OCH3 is 1. The predicted molar refractivity (Wildman–Crippen MR) is 159 cm³/mol. The number of carboxylic acid groups (broad SMARTS) is 1. The first kappa shape index (κ1) is 28.3. The van der Waals surface area contributed by atoms with Crippen molar-refractivity contribution >= 4 is 44.7 Å². The number of carbonyl (C=O) groups excluding carboxylic acids is 1. The standard InChI is InChI=1S/C30H27N5O6S/c1-41-26-15-14-21(17-27(26)42(39,40)35-25(18-28(36)37)19-8-3-2-4-9-19)20-10-7-11-22(16-20)31-30(38)34-29-32-23-12-5-6-13-24(23)33-29/h2-17,25,35H,18H2,1H3,(H,36,37)(H3,31,32,33,34,38)/t25-/m1/s1. The zero-order valence-corrected chi connectivity index (χ0v) is 23.2. The van der Waals surface area contributed by atoms with Crippen molar-refractivity contribution in [2.75, 3.05) is 17.7 Å². The minimum Gasteiger partial charge on any atom is -0.495 e. The number of nitrogens with one attached hydrogen (secondary N) is 4. The van der Waals surface area contributed by atoms with Crippen molar-refractivity contribution in [1.82, 2.24) is 14.7 Å². The van der Waals surface area contributed by atoms with Gasteiger partial charge >= 0.3 is 12.0 Å². The highest BCUT2D eigenvalue weighted by atomic mass is 32.2. The first-order valence-corrected chi connectivity index (χ1v) is 14.3. The SMILES string of the molecule is COc1ccc(-c2cccc(NC(=O)Nc3nc4ccccc4[nH]3)c2)cc1S(=O)(=O)N[C@H](CC(=O)O)c1ccccc1. The van der Waals surface area contributed by atoms with E-state index in [0.717, 1.165) is 5.52 Å². The molecule has 0 unspecified atom stereocenters. The molecule has 42 heavy (non-hydrogen) atoms. The number of carboxylic acids is 1. The first-order valence-electron chi connectivity index (χ1n) is 12.8.